The molecular weight excluding hydrogens is 260 g/mol. The van der Waals surface area contributed by atoms with E-state index in [4.69, 9.17) is 9.47 Å². The first-order chi connectivity index (χ1) is 10.0. The molecule has 0 aromatic heterocycles. The Bertz CT molecular complexity index is 600. The summed E-state index contributed by atoms with van der Waals surface area (Å²) < 4.78 is 11.7. The van der Waals surface area contributed by atoms with Gasteiger partial charge in [-0.1, -0.05) is 42.5 Å². The maximum atomic E-state index is 5.88. The van der Waals surface area contributed by atoms with Crippen molar-refractivity contribution in [1.82, 2.24) is 0 Å². The zero-order chi connectivity index (χ0) is 15.2. The van der Waals surface area contributed by atoms with Crippen molar-refractivity contribution >= 4 is 5.57 Å². The molecule has 2 heteroatoms. The van der Waals surface area contributed by atoms with Gasteiger partial charge in [-0.25, -0.2) is 0 Å². The van der Waals surface area contributed by atoms with E-state index in [1.54, 1.807) is 0 Å². The average molecular weight is 282 g/mol. The summed E-state index contributed by atoms with van der Waals surface area (Å²) in [5, 5.41) is 0. The fourth-order valence-corrected chi connectivity index (χ4v) is 1.98. The molecule has 0 bridgehead atoms. The van der Waals surface area contributed by atoms with Gasteiger partial charge in [-0.3, -0.25) is 0 Å². The maximum Gasteiger partial charge on any atom is 0.124 e. The van der Waals surface area contributed by atoms with Crippen molar-refractivity contribution in [2.45, 2.75) is 33.5 Å². The zero-order valence-corrected chi connectivity index (χ0v) is 12.9. The lowest BCUT2D eigenvalue weighted by molar-refractivity contribution is 0.239. The van der Waals surface area contributed by atoms with Crippen LogP contribution in [0.4, 0.5) is 0 Å². The van der Waals surface area contributed by atoms with E-state index in [0.29, 0.717) is 6.61 Å². The highest BCUT2D eigenvalue weighted by molar-refractivity contribution is 5.64. The molecule has 0 fully saturated rings. The SMILES string of the molecule is C=C(C)c1cc(OCc2ccccc2)cc(OC(C)C)c1. The molecule has 0 heterocycles. The van der Waals surface area contributed by atoms with Gasteiger partial charge in [0.05, 0.1) is 6.10 Å². The first kappa shape index (κ1) is 15.2. The fraction of sp³-hybridized carbons (Fsp3) is 0.263. The molecule has 0 amide bonds. The van der Waals surface area contributed by atoms with E-state index in [2.05, 4.69) is 6.58 Å². The lowest BCUT2D eigenvalue weighted by atomic mass is 10.1. The van der Waals surface area contributed by atoms with Crippen LogP contribution in [0, 0.1) is 0 Å². The number of allylic oxidation sites excluding steroid dienone is 1. The molecule has 0 aliphatic rings. The average Bonchev–Trinajstić information content (AvgIpc) is 2.45. The van der Waals surface area contributed by atoms with Gasteiger partial charge >= 0.3 is 0 Å². The van der Waals surface area contributed by atoms with E-state index in [-0.39, 0.29) is 6.10 Å². The first-order valence-electron chi connectivity index (χ1n) is 7.19. The van der Waals surface area contributed by atoms with Crippen LogP contribution >= 0.6 is 0 Å². The zero-order valence-electron chi connectivity index (χ0n) is 12.9. The minimum absolute atomic E-state index is 0.132. The van der Waals surface area contributed by atoms with Crippen LogP contribution in [-0.2, 0) is 6.61 Å². The lowest BCUT2D eigenvalue weighted by Crippen LogP contribution is -2.06. The Morgan fingerprint density at radius 2 is 1.71 bits per heavy atom. The van der Waals surface area contributed by atoms with Crippen molar-refractivity contribution in [3.05, 3.63) is 66.2 Å². The highest BCUT2D eigenvalue weighted by Gasteiger charge is 2.06. The number of hydrogen-bond acceptors (Lipinski definition) is 2. The van der Waals surface area contributed by atoms with Crippen LogP contribution in [0.25, 0.3) is 5.57 Å². The quantitative estimate of drug-likeness (QED) is 0.735. The molecular formula is C19H22O2. The molecule has 0 unspecified atom stereocenters. The third kappa shape index (κ3) is 4.67. The van der Waals surface area contributed by atoms with E-state index in [0.717, 1.165) is 28.2 Å². The van der Waals surface area contributed by atoms with E-state index in [1.165, 1.54) is 0 Å². The molecule has 110 valence electrons. The van der Waals surface area contributed by atoms with Gasteiger partial charge in [0.15, 0.2) is 0 Å². The highest BCUT2D eigenvalue weighted by atomic mass is 16.5. The first-order valence-corrected chi connectivity index (χ1v) is 7.19. The van der Waals surface area contributed by atoms with Crippen molar-refractivity contribution in [3.63, 3.8) is 0 Å². The number of benzene rings is 2. The van der Waals surface area contributed by atoms with Crippen LogP contribution < -0.4 is 9.47 Å². The monoisotopic (exact) mass is 282 g/mol. The number of rotatable bonds is 6. The van der Waals surface area contributed by atoms with E-state index in [1.807, 2.05) is 69.3 Å². The van der Waals surface area contributed by atoms with Crippen LogP contribution in [0.15, 0.2) is 55.1 Å². The Labute approximate surface area is 127 Å². The van der Waals surface area contributed by atoms with Crippen LogP contribution in [0.1, 0.15) is 31.9 Å². The highest BCUT2D eigenvalue weighted by Crippen LogP contribution is 2.27. The second-order valence-electron chi connectivity index (χ2n) is 5.41. The van der Waals surface area contributed by atoms with Crippen LogP contribution in [0.5, 0.6) is 11.5 Å². The molecule has 0 spiro atoms. The third-order valence-corrected chi connectivity index (χ3v) is 2.99. The van der Waals surface area contributed by atoms with Gasteiger partial charge < -0.3 is 9.47 Å². The Balaban J connectivity index is 2.17. The van der Waals surface area contributed by atoms with Crippen LogP contribution in [0.2, 0.25) is 0 Å². The van der Waals surface area contributed by atoms with Gasteiger partial charge in [0.1, 0.15) is 18.1 Å². The van der Waals surface area contributed by atoms with Crippen LogP contribution in [0.3, 0.4) is 0 Å². The summed E-state index contributed by atoms with van der Waals surface area (Å²) in [6.07, 6.45) is 0.132. The summed E-state index contributed by atoms with van der Waals surface area (Å²) in [4.78, 5) is 0. The van der Waals surface area contributed by atoms with E-state index in [9.17, 15) is 0 Å². The summed E-state index contributed by atoms with van der Waals surface area (Å²) in [6, 6.07) is 16.0. The topological polar surface area (TPSA) is 18.5 Å². The fourth-order valence-electron chi connectivity index (χ4n) is 1.98. The molecule has 0 aliphatic heterocycles. The third-order valence-electron chi connectivity index (χ3n) is 2.99. The van der Waals surface area contributed by atoms with Gasteiger partial charge in [-0.05, 0) is 44.0 Å². The minimum atomic E-state index is 0.132. The molecule has 2 aromatic rings. The summed E-state index contributed by atoms with van der Waals surface area (Å²) in [5.41, 5.74) is 3.18. The maximum absolute atomic E-state index is 5.88. The molecule has 2 nitrogen and oxygen atoms in total. The predicted molar refractivity (Wildman–Crippen MR) is 87.7 cm³/mol. The molecule has 0 aliphatic carbocycles. The normalized spacial score (nSPS) is 10.5. The Kier molecular flexibility index (Phi) is 5.04. The number of ether oxygens (including phenoxy) is 2. The Morgan fingerprint density at radius 1 is 1.05 bits per heavy atom. The largest absolute Gasteiger partial charge is 0.491 e. The Morgan fingerprint density at radius 3 is 2.33 bits per heavy atom. The molecule has 2 aromatic carbocycles. The van der Waals surface area contributed by atoms with Crippen molar-refractivity contribution in [1.29, 1.82) is 0 Å². The molecule has 2 rings (SSSR count). The van der Waals surface area contributed by atoms with Gasteiger partial charge in [-0.15, -0.1) is 0 Å². The van der Waals surface area contributed by atoms with Crippen molar-refractivity contribution in [3.8, 4) is 11.5 Å². The Hall–Kier alpha value is -2.22. The van der Waals surface area contributed by atoms with E-state index >= 15 is 0 Å². The van der Waals surface area contributed by atoms with Crippen molar-refractivity contribution < 1.29 is 9.47 Å². The van der Waals surface area contributed by atoms with Gasteiger partial charge in [-0.2, -0.15) is 0 Å². The predicted octanol–water partition coefficient (Wildman–Crippen LogP) is 5.09. The lowest BCUT2D eigenvalue weighted by Gasteiger charge is -2.14. The second kappa shape index (κ2) is 6.98. The molecule has 0 saturated heterocycles. The molecule has 0 N–H and O–H groups in total. The second-order valence-corrected chi connectivity index (χ2v) is 5.41. The minimum Gasteiger partial charge on any atom is -0.491 e. The molecule has 0 radical (unpaired) electrons. The van der Waals surface area contributed by atoms with Gasteiger partial charge in [0.25, 0.3) is 0 Å². The standard InChI is InChI=1S/C19H22O2/c1-14(2)17-10-18(12-19(11-17)21-15(3)4)20-13-16-8-6-5-7-9-16/h5-12,15H,1,13H2,2-4H3. The van der Waals surface area contributed by atoms with Gasteiger partial charge in [0, 0.05) is 6.07 Å². The van der Waals surface area contributed by atoms with E-state index < -0.39 is 0 Å². The van der Waals surface area contributed by atoms with Crippen LogP contribution in [-0.4, -0.2) is 6.10 Å². The molecule has 0 saturated carbocycles. The number of hydrogen-bond donors (Lipinski definition) is 0. The molecule has 0 atom stereocenters. The summed E-state index contributed by atoms with van der Waals surface area (Å²) in [6.45, 7) is 10.5. The van der Waals surface area contributed by atoms with Gasteiger partial charge in [0.2, 0.25) is 0 Å². The van der Waals surface area contributed by atoms with Crippen molar-refractivity contribution in [2.75, 3.05) is 0 Å². The summed E-state index contributed by atoms with van der Waals surface area (Å²) in [7, 11) is 0. The summed E-state index contributed by atoms with van der Waals surface area (Å²) >= 11 is 0. The summed E-state index contributed by atoms with van der Waals surface area (Å²) in [5.74, 6) is 1.61. The molecule has 21 heavy (non-hydrogen) atoms. The smallest absolute Gasteiger partial charge is 0.124 e. The van der Waals surface area contributed by atoms with Crippen molar-refractivity contribution in [2.24, 2.45) is 0 Å².